The van der Waals surface area contributed by atoms with Crippen molar-refractivity contribution < 1.29 is 15.0 Å². The predicted octanol–water partition coefficient (Wildman–Crippen LogP) is 0.798. The average Bonchev–Trinajstić information content (AvgIpc) is 3.14. The van der Waals surface area contributed by atoms with Crippen molar-refractivity contribution in [2.45, 2.75) is 24.7 Å². The summed E-state index contributed by atoms with van der Waals surface area (Å²) in [5.41, 5.74) is 1.20. The third-order valence-electron chi connectivity index (χ3n) is 7.14. The van der Waals surface area contributed by atoms with Gasteiger partial charge < -0.3 is 25.4 Å². The summed E-state index contributed by atoms with van der Waals surface area (Å²) >= 11 is 6.30. The maximum atomic E-state index is 12.5. The molecule has 35 heavy (non-hydrogen) atoms. The molecule has 0 radical (unpaired) electrons. The second kappa shape index (κ2) is 7.70. The Labute approximate surface area is 204 Å². The Bertz CT molecular complexity index is 1470. The number of aromatic nitrogens is 7. The minimum Gasteiger partial charge on any atom is -0.389 e. The third-order valence-corrected chi connectivity index (χ3v) is 7.47. The fourth-order valence-corrected chi connectivity index (χ4v) is 5.57. The fourth-order valence-electron chi connectivity index (χ4n) is 5.34. The number of imidazole rings is 1. The molecule has 2 aliphatic carbocycles. The molecular weight excluding hydrogens is 474 g/mol. The van der Waals surface area contributed by atoms with Gasteiger partial charge in [-0.1, -0.05) is 35.0 Å². The first-order valence-electron chi connectivity index (χ1n) is 11.1. The van der Waals surface area contributed by atoms with E-state index in [0.717, 1.165) is 5.56 Å². The Balaban J connectivity index is 1.44. The van der Waals surface area contributed by atoms with Crippen LogP contribution in [0, 0.1) is 11.3 Å². The summed E-state index contributed by atoms with van der Waals surface area (Å²) in [5.74, 6) is 0.164. The van der Waals surface area contributed by atoms with Gasteiger partial charge in [0.25, 0.3) is 5.95 Å². The highest BCUT2D eigenvalue weighted by atomic mass is 35.5. The molecular formula is C22H22ClN9O3. The van der Waals surface area contributed by atoms with Gasteiger partial charge in [-0.05, 0) is 12.5 Å². The van der Waals surface area contributed by atoms with Crippen molar-refractivity contribution in [3.05, 3.63) is 41.8 Å². The fraction of sp³-hybridized carbons (Fsp3) is 0.364. The van der Waals surface area contributed by atoms with E-state index in [9.17, 15) is 15.0 Å². The van der Waals surface area contributed by atoms with E-state index in [2.05, 4.69) is 35.9 Å². The topological polar surface area (TPSA) is 156 Å². The lowest BCUT2D eigenvalue weighted by Gasteiger charge is -2.23. The molecule has 2 aliphatic rings. The number of anilines is 1. The van der Waals surface area contributed by atoms with Gasteiger partial charge >= 0.3 is 0 Å². The normalized spacial score (nSPS) is 27.1. The number of nitrogens with one attached hydrogen (secondary N) is 2. The van der Waals surface area contributed by atoms with Crippen LogP contribution in [0.3, 0.4) is 0 Å². The molecule has 3 aromatic heterocycles. The van der Waals surface area contributed by atoms with Crippen molar-refractivity contribution >= 4 is 34.5 Å². The van der Waals surface area contributed by atoms with Crippen molar-refractivity contribution in [3.63, 3.8) is 0 Å². The maximum absolute atomic E-state index is 12.5. The number of amides is 1. The van der Waals surface area contributed by atoms with Crippen molar-refractivity contribution in [1.29, 1.82) is 0 Å². The Kier molecular flexibility index (Phi) is 4.82. The highest BCUT2D eigenvalue weighted by molar-refractivity contribution is 6.33. The number of rotatable bonds is 5. The van der Waals surface area contributed by atoms with E-state index in [1.807, 2.05) is 18.2 Å². The summed E-state index contributed by atoms with van der Waals surface area (Å²) < 4.78 is 3.14. The second-order valence-corrected chi connectivity index (χ2v) is 9.24. The quantitative estimate of drug-likeness (QED) is 0.314. The molecule has 2 fully saturated rings. The molecule has 6 rings (SSSR count). The number of carbonyl (C=O) groups excluding carboxylic acids is 1. The van der Waals surface area contributed by atoms with Crippen LogP contribution in [0.5, 0.6) is 0 Å². The Morgan fingerprint density at radius 1 is 1.23 bits per heavy atom. The monoisotopic (exact) mass is 495 g/mol. The van der Waals surface area contributed by atoms with Gasteiger partial charge in [0.15, 0.2) is 17.0 Å². The summed E-state index contributed by atoms with van der Waals surface area (Å²) in [4.78, 5) is 26.2. The Morgan fingerprint density at radius 3 is 2.77 bits per heavy atom. The van der Waals surface area contributed by atoms with Crippen LogP contribution in [0.1, 0.15) is 12.5 Å². The molecule has 1 amide bonds. The second-order valence-electron chi connectivity index (χ2n) is 8.83. The number of carbonyl (C=O) groups is 1. The molecule has 4 N–H and O–H groups in total. The number of benzene rings is 1. The molecule has 0 saturated heterocycles. The van der Waals surface area contributed by atoms with Gasteiger partial charge in [-0.15, -0.1) is 5.10 Å². The van der Waals surface area contributed by atoms with E-state index in [1.165, 1.54) is 11.7 Å². The van der Waals surface area contributed by atoms with Crippen LogP contribution in [0.2, 0.25) is 5.02 Å². The van der Waals surface area contributed by atoms with E-state index in [4.69, 9.17) is 11.6 Å². The molecule has 2 unspecified atom stereocenters. The van der Waals surface area contributed by atoms with Crippen LogP contribution < -0.4 is 10.6 Å². The molecule has 5 atom stereocenters. The summed E-state index contributed by atoms with van der Waals surface area (Å²) in [6, 6.07) is 6.73. The van der Waals surface area contributed by atoms with Gasteiger partial charge in [-0.25, -0.2) is 4.98 Å². The zero-order chi connectivity index (χ0) is 24.5. The average molecular weight is 496 g/mol. The lowest BCUT2D eigenvalue weighted by Crippen LogP contribution is -2.41. The van der Waals surface area contributed by atoms with E-state index >= 15 is 0 Å². The molecule has 0 bridgehead atoms. The zero-order valence-electron chi connectivity index (χ0n) is 18.8. The van der Waals surface area contributed by atoms with Crippen LogP contribution in [-0.4, -0.2) is 76.9 Å². The van der Waals surface area contributed by atoms with Crippen LogP contribution in [0.15, 0.2) is 36.8 Å². The summed E-state index contributed by atoms with van der Waals surface area (Å²) in [6.45, 7) is 0. The maximum Gasteiger partial charge on any atom is 0.256 e. The largest absolute Gasteiger partial charge is 0.389 e. The lowest BCUT2D eigenvalue weighted by molar-refractivity contribution is -0.132. The van der Waals surface area contributed by atoms with Crippen molar-refractivity contribution in [2.24, 2.45) is 11.3 Å². The van der Waals surface area contributed by atoms with Gasteiger partial charge in [-0.3, -0.25) is 4.79 Å². The minimum atomic E-state index is -1.19. The lowest BCUT2D eigenvalue weighted by atomic mass is 9.98. The van der Waals surface area contributed by atoms with Crippen LogP contribution in [-0.2, 0) is 4.79 Å². The SMILES string of the molecule is CNC(=O)[C@]12CC1[C@@H](n1cnc3c(NC)nc(-n4cc(-c5ccccc5Cl)nn4)nc31)C(O)[C@@H]2O. The van der Waals surface area contributed by atoms with Gasteiger partial charge in [0.1, 0.15) is 11.8 Å². The molecule has 180 valence electrons. The van der Waals surface area contributed by atoms with Crippen molar-refractivity contribution in [3.8, 4) is 17.2 Å². The number of nitrogens with zero attached hydrogens (tertiary/aromatic N) is 7. The smallest absolute Gasteiger partial charge is 0.256 e. The number of hydrogen-bond acceptors (Lipinski definition) is 9. The molecule has 2 saturated carbocycles. The number of halogens is 1. The summed E-state index contributed by atoms with van der Waals surface area (Å²) in [6.07, 6.45) is 1.36. The van der Waals surface area contributed by atoms with Crippen LogP contribution in [0.25, 0.3) is 28.4 Å². The first kappa shape index (κ1) is 21.9. The first-order valence-corrected chi connectivity index (χ1v) is 11.5. The van der Waals surface area contributed by atoms with Gasteiger partial charge in [0, 0.05) is 25.6 Å². The predicted molar refractivity (Wildman–Crippen MR) is 126 cm³/mol. The number of aliphatic hydroxyl groups excluding tert-OH is 2. The minimum absolute atomic E-state index is 0.232. The number of hydrogen-bond donors (Lipinski definition) is 4. The van der Waals surface area contributed by atoms with Gasteiger partial charge in [0.05, 0.1) is 35.1 Å². The highest BCUT2D eigenvalue weighted by Crippen LogP contribution is 2.67. The van der Waals surface area contributed by atoms with Gasteiger partial charge in [0.2, 0.25) is 5.91 Å². The molecule has 1 aromatic carbocycles. The van der Waals surface area contributed by atoms with E-state index in [-0.39, 0.29) is 17.8 Å². The van der Waals surface area contributed by atoms with Crippen molar-refractivity contribution in [1.82, 2.24) is 39.8 Å². The summed E-state index contributed by atoms with van der Waals surface area (Å²) in [5, 5.41) is 36.2. The highest BCUT2D eigenvalue weighted by Gasteiger charge is 2.75. The van der Waals surface area contributed by atoms with E-state index < -0.39 is 23.7 Å². The Hall–Kier alpha value is -3.61. The van der Waals surface area contributed by atoms with E-state index in [1.54, 1.807) is 30.2 Å². The molecule has 12 nitrogen and oxygen atoms in total. The molecule has 4 aromatic rings. The van der Waals surface area contributed by atoms with E-state index in [0.29, 0.717) is 34.1 Å². The number of aliphatic hydroxyl groups is 2. The standard InChI is InChI=1S/C22H22ClN9O3/c1-24-18-14-19(28-21(27-18)32-8-13(29-30-32)10-5-3-4-6-12(10)23)31(9-26-14)15-11-7-22(11,20(35)25-2)17(34)16(15)33/h3-6,8-9,11,15-17,33-34H,7H2,1-2H3,(H,25,35)(H,24,27,28)/t11?,15-,16?,17+,22-/m1/s1. The molecule has 0 spiro atoms. The van der Waals surface area contributed by atoms with Crippen LogP contribution >= 0.6 is 11.6 Å². The molecule has 3 heterocycles. The van der Waals surface area contributed by atoms with Gasteiger partial charge in [-0.2, -0.15) is 14.6 Å². The molecule has 13 heteroatoms. The van der Waals surface area contributed by atoms with Crippen LogP contribution in [0.4, 0.5) is 5.82 Å². The van der Waals surface area contributed by atoms with Crippen molar-refractivity contribution in [2.75, 3.05) is 19.4 Å². The number of fused-ring (bicyclic) bond motifs is 2. The molecule has 0 aliphatic heterocycles. The summed E-state index contributed by atoms with van der Waals surface area (Å²) in [7, 11) is 3.24. The first-order chi connectivity index (χ1) is 16.9. The Morgan fingerprint density at radius 2 is 2.03 bits per heavy atom. The third kappa shape index (κ3) is 3.00. The zero-order valence-corrected chi connectivity index (χ0v) is 19.5.